The van der Waals surface area contributed by atoms with Crippen LogP contribution in [-0.4, -0.2) is 62.2 Å². The highest BCUT2D eigenvalue weighted by Crippen LogP contribution is 2.33. The van der Waals surface area contributed by atoms with E-state index in [0.29, 0.717) is 9.99 Å². The van der Waals surface area contributed by atoms with E-state index in [1.165, 1.54) is 29.2 Å². The third-order valence-electron chi connectivity index (χ3n) is 4.93. The number of amides is 3. The smallest absolute Gasteiger partial charge is 0.327 e. The van der Waals surface area contributed by atoms with Gasteiger partial charge in [0, 0.05) is 0 Å². The molecular weight excluding hydrogens is 442 g/mol. The molecule has 166 valence electrons. The fraction of sp³-hybridized carbons (Fsp3) is 0.200. The molecule has 0 bridgehead atoms. The van der Waals surface area contributed by atoms with Crippen LogP contribution in [0.4, 0.5) is 5.69 Å². The SMILES string of the molecule is NC(=O)C1CN(C(=O)COC(=O)CN2C(=O)c3ccccc3S2(=O)=O)c2ccccc2O1. The Balaban J connectivity index is 1.43. The number of primary amides is 1. The molecule has 1 unspecified atom stereocenters. The maximum absolute atomic E-state index is 12.7. The minimum atomic E-state index is -4.19. The molecule has 0 aromatic heterocycles. The van der Waals surface area contributed by atoms with Crippen molar-refractivity contribution in [2.75, 3.05) is 24.6 Å². The van der Waals surface area contributed by atoms with Gasteiger partial charge in [-0.25, -0.2) is 12.7 Å². The molecule has 0 saturated carbocycles. The van der Waals surface area contributed by atoms with Crippen LogP contribution in [0.3, 0.4) is 0 Å². The first-order valence-electron chi connectivity index (χ1n) is 9.37. The molecule has 4 rings (SSSR count). The van der Waals surface area contributed by atoms with Crippen LogP contribution in [0, 0.1) is 0 Å². The average Bonchev–Trinajstić information content (AvgIpc) is 2.97. The molecular formula is C20H17N3O8S. The Labute approximate surface area is 182 Å². The van der Waals surface area contributed by atoms with Crippen molar-refractivity contribution in [2.45, 2.75) is 11.0 Å². The number of rotatable bonds is 5. The van der Waals surface area contributed by atoms with Crippen LogP contribution in [0.15, 0.2) is 53.4 Å². The van der Waals surface area contributed by atoms with Gasteiger partial charge in [-0.2, -0.15) is 0 Å². The number of nitrogens with two attached hydrogens (primary N) is 1. The molecule has 2 aromatic carbocycles. The number of hydrogen-bond acceptors (Lipinski definition) is 8. The van der Waals surface area contributed by atoms with Crippen LogP contribution < -0.4 is 15.4 Å². The van der Waals surface area contributed by atoms with Gasteiger partial charge in [0.05, 0.1) is 17.8 Å². The van der Waals surface area contributed by atoms with Crippen molar-refractivity contribution in [3.63, 3.8) is 0 Å². The van der Waals surface area contributed by atoms with Gasteiger partial charge >= 0.3 is 5.97 Å². The molecule has 2 aliphatic rings. The van der Waals surface area contributed by atoms with Crippen LogP contribution >= 0.6 is 0 Å². The summed E-state index contributed by atoms with van der Waals surface area (Å²) >= 11 is 0. The Morgan fingerprint density at radius 3 is 2.50 bits per heavy atom. The maximum Gasteiger partial charge on any atom is 0.327 e. The minimum absolute atomic E-state index is 0.0428. The van der Waals surface area contributed by atoms with E-state index in [0.717, 1.165) is 0 Å². The molecule has 32 heavy (non-hydrogen) atoms. The number of hydrogen-bond donors (Lipinski definition) is 1. The summed E-state index contributed by atoms with van der Waals surface area (Å²) < 4.78 is 35.8. The van der Waals surface area contributed by atoms with E-state index in [9.17, 15) is 27.6 Å². The lowest BCUT2D eigenvalue weighted by Crippen LogP contribution is -2.50. The molecule has 1 atom stereocenters. The van der Waals surface area contributed by atoms with Crippen LogP contribution in [0.1, 0.15) is 10.4 Å². The zero-order valence-corrected chi connectivity index (χ0v) is 17.3. The fourth-order valence-electron chi connectivity index (χ4n) is 3.39. The highest BCUT2D eigenvalue weighted by molar-refractivity contribution is 7.90. The van der Waals surface area contributed by atoms with Crippen molar-refractivity contribution in [3.05, 3.63) is 54.1 Å². The number of nitrogens with zero attached hydrogens (tertiary/aromatic N) is 2. The number of anilines is 1. The second-order valence-corrected chi connectivity index (χ2v) is 8.79. The molecule has 2 heterocycles. The standard InChI is InChI=1S/C20H17N3O8S/c21-19(26)15-9-22(13-6-2-3-7-14(13)31-15)17(24)11-30-18(25)10-23-20(27)12-5-1-4-8-16(12)32(23,28)29/h1-8,15H,9-11H2,(H2,21,26). The molecule has 0 radical (unpaired) electrons. The van der Waals surface area contributed by atoms with Gasteiger partial charge in [0.15, 0.2) is 12.7 Å². The molecule has 2 aromatic rings. The molecule has 0 spiro atoms. The van der Waals surface area contributed by atoms with E-state index in [1.807, 2.05) is 0 Å². The highest BCUT2D eigenvalue weighted by atomic mass is 32.2. The van der Waals surface area contributed by atoms with E-state index in [1.54, 1.807) is 24.3 Å². The Kier molecular flexibility index (Phi) is 5.30. The van der Waals surface area contributed by atoms with Crippen molar-refractivity contribution in [1.29, 1.82) is 0 Å². The molecule has 2 N–H and O–H groups in total. The number of esters is 1. The summed E-state index contributed by atoms with van der Waals surface area (Å²) in [5, 5.41) is 0. The number of ether oxygens (including phenoxy) is 2. The Morgan fingerprint density at radius 1 is 1.09 bits per heavy atom. The minimum Gasteiger partial charge on any atom is -0.477 e. The summed E-state index contributed by atoms with van der Waals surface area (Å²) in [7, 11) is -4.19. The molecule has 0 aliphatic carbocycles. The summed E-state index contributed by atoms with van der Waals surface area (Å²) in [4.78, 5) is 49.8. The van der Waals surface area contributed by atoms with E-state index in [2.05, 4.69) is 0 Å². The van der Waals surface area contributed by atoms with Crippen LogP contribution in [-0.2, 0) is 29.1 Å². The summed E-state index contributed by atoms with van der Waals surface area (Å²) in [5.74, 6) is -3.13. The van der Waals surface area contributed by atoms with Gasteiger partial charge in [0.2, 0.25) is 0 Å². The van der Waals surface area contributed by atoms with E-state index in [4.69, 9.17) is 15.2 Å². The predicted molar refractivity (Wildman–Crippen MR) is 108 cm³/mol. The molecule has 0 saturated heterocycles. The normalized spacial score (nSPS) is 18.4. The summed E-state index contributed by atoms with van der Waals surface area (Å²) in [6, 6.07) is 12.0. The average molecular weight is 459 g/mol. The lowest BCUT2D eigenvalue weighted by Gasteiger charge is -2.33. The van der Waals surface area contributed by atoms with Crippen molar-refractivity contribution >= 4 is 39.4 Å². The number of sulfonamides is 1. The summed E-state index contributed by atoms with van der Waals surface area (Å²) in [6.45, 7) is -1.81. The Morgan fingerprint density at radius 2 is 1.78 bits per heavy atom. The largest absolute Gasteiger partial charge is 0.477 e. The maximum atomic E-state index is 12.7. The first-order valence-corrected chi connectivity index (χ1v) is 10.8. The number of carbonyl (C=O) groups excluding carboxylic acids is 4. The quantitative estimate of drug-likeness (QED) is 0.596. The fourth-order valence-corrected chi connectivity index (χ4v) is 4.90. The summed E-state index contributed by atoms with van der Waals surface area (Å²) in [5.41, 5.74) is 5.61. The van der Waals surface area contributed by atoms with Gasteiger partial charge in [-0.1, -0.05) is 24.3 Å². The van der Waals surface area contributed by atoms with Crippen molar-refractivity contribution in [3.8, 4) is 5.75 Å². The second-order valence-electron chi connectivity index (χ2n) is 6.95. The highest BCUT2D eigenvalue weighted by Gasteiger charge is 2.42. The summed E-state index contributed by atoms with van der Waals surface area (Å²) in [6.07, 6.45) is -1.09. The number of carbonyl (C=O) groups is 4. The topological polar surface area (TPSA) is 153 Å². The Hall–Kier alpha value is -3.93. The number of fused-ring (bicyclic) bond motifs is 2. The first-order chi connectivity index (χ1) is 15.2. The third-order valence-corrected chi connectivity index (χ3v) is 6.72. The zero-order chi connectivity index (χ0) is 23.0. The predicted octanol–water partition coefficient (Wildman–Crippen LogP) is -0.346. The number of para-hydroxylation sites is 2. The van der Waals surface area contributed by atoms with E-state index >= 15 is 0 Å². The van der Waals surface area contributed by atoms with Crippen molar-refractivity contribution in [2.24, 2.45) is 5.73 Å². The van der Waals surface area contributed by atoms with Gasteiger partial charge in [-0.3, -0.25) is 19.2 Å². The van der Waals surface area contributed by atoms with Gasteiger partial charge in [-0.15, -0.1) is 0 Å². The second kappa shape index (κ2) is 7.96. The van der Waals surface area contributed by atoms with Crippen molar-refractivity contribution < 1.29 is 37.1 Å². The van der Waals surface area contributed by atoms with Gasteiger partial charge < -0.3 is 20.1 Å². The van der Waals surface area contributed by atoms with Gasteiger partial charge in [-0.05, 0) is 24.3 Å². The lowest BCUT2D eigenvalue weighted by atomic mass is 10.2. The molecule has 0 fully saturated rings. The zero-order valence-electron chi connectivity index (χ0n) is 16.5. The van der Waals surface area contributed by atoms with E-state index in [-0.39, 0.29) is 22.8 Å². The van der Waals surface area contributed by atoms with Crippen LogP contribution in [0.25, 0.3) is 0 Å². The van der Waals surface area contributed by atoms with E-state index < -0.39 is 53.0 Å². The third kappa shape index (κ3) is 3.64. The monoisotopic (exact) mass is 459 g/mol. The van der Waals surface area contributed by atoms with Gasteiger partial charge in [0.1, 0.15) is 17.2 Å². The molecule has 3 amide bonds. The van der Waals surface area contributed by atoms with Crippen LogP contribution in [0.2, 0.25) is 0 Å². The van der Waals surface area contributed by atoms with Crippen molar-refractivity contribution in [1.82, 2.24) is 4.31 Å². The molecule has 2 aliphatic heterocycles. The van der Waals surface area contributed by atoms with Gasteiger partial charge in [0.25, 0.3) is 27.7 Å². The first kappa shape index (κ1) is 21.3. The lowest BCUT2D eigenvalue weighted by molar-refractivity contribution is -0.147. The molecule has 12 heteroatoms. The molecule has 11 nitrogen and oxygen atoms in total. The Bertz CT molecular complexity index is 1240. The number of benzene rings is 2. The van der Waals surface area contributed by atoms with Crippen LogP contribution in [0.5, 0.6) is 5.75 Å².